The Balaban J connectivity index is 1.47. The summed E-state index contributed by atoms with van der Waals surface area (Å²) in [6, 6.07) is 20.7. The molecule has 0 heterocycles. The highest BCUT2D eigenvalue weighted by atomic mass is 35.5. The lowest BCUT2D eigenvalue weighted by molar-refractivity contribution is 0.102. The largest absolute Gasteiger partial charge is 0.322 e. The molecule has 4 aromatic carbocycles. The molecule has 0 bridgehead atoms. The monoisotopic (exact) mass is 671 g/mol. The van der Waals surface area contributed by atoms with Gasteiger partial charge in [0, 0.05) is 36.9 Å². The molecule has 8 nitrogen and oxygen atoms in total. The Hall–Kier alpha value is -2.99. The third kappa shape index (κ3) is 7.85. The van der Waals surface area contributed by atoms with Crippen LogP contribution in [-0.2, 0) is 26.6 Å². The number of nitrogens with zero attached hydrogens (tertiary/aromatic N) is 1. The molecule has 0 saturated heterocycles. The predicted octanol–water partition coefficient (Wildman–Crippen LogP) is 7.32. The number of sulfonamides is 2. The van der Waals surface area contributed by atoms with Crippen LogP contribution < -0.4 is 14.3 Å². The minimum absolute atomic E-state index is 0.0459. The molecule has 0 aliphatic rings. The van der Waals surface area contributed by atoms with Crippen molar-refractivity contribution in [2.75, 3.05) is 20.6 Å². The van der Waals surface area contributed by atoms with Crippen LogP contribution in [0.5, 0.6) is 0 Å². The number of anilines is 3. The van der Waals surface area contributed by atoms with Crippen LogP contribution in [0.4, 0.5) is 17.1 Å². The first kappa shape index (κ1) is 31.0. The van der Waals surface area contributed by atoms with Gasteiger partial charge < -0.3 is 5.32 Å². The van der Waals surface area contributed by atoms with Gasteiger partial charge in [-0.05, 0) is 78.9 Å². The van der Waals surface area contributed by atoms with Gasteiger partial charge in [0.15, 0.2) is 0 Å². The number of hydrogen-bond acceptors (Lipinski definition) is 5. The maximum absolute atomic E-state index is 12.8. The third-order valence-electron chi connectivity index (χ3n) is 5.72. The highest BCUT2D eigenvalue weighted by Crippen LogP contribution is 2.30. The topological polar surface area (TPSA) is 113 Å². The number of benzene rings is 4. The molecule has 2 N–H and O–H groups in total. The number of halogens is 4. The van der Waals surface area contributed by atoms with Crippen molar-refractivity contribution >= 4 is 89.4 Å². The SMILES string of the molecule is CS(=O)(=O)N(Cc1c(Cl)cccc1Cl)c1ccc(C(=O)Nc2ccc(S(=O)(=O)Nc3cc(Cl)cc(Cl)c3)cc2)cc1. The summed E-state index contributed by atoms with van der Waals surface area (Å²) in [5, 5.41) is 3.88. The number of carbonyl (C=O) groups is 1. The minimum atomic E-state index is -3.95. The van der Waals surface area contributed by atoms with Crippen molar-refractivity contribution in [2.45, 2.75) is 11.4 Å². The highest BCUT2D eigenvalue weighted by Gasteiger charge is 2.21. The molecule has 0 spiro atoms. The lowest BCUT2D eigenvalue weighted by atomic mass is 10.1. The van der Waals surface area contributed by atoms with E-state index in [-0.39, 0.29) is 32.7 Å². The fourth-order valence-corrected chi connectivity index (χ4v) is 6.71. The van der Waals surface area contributed by atoms with Gasteiger partial charge in [-0.15, -0.1) is 0 Å². The predicted molar refractivity (Wildman–Crippen MR) is 166 cm³/mol. The normalized spacial score (nSPS) is 11.6. The van der Waals surface area contributed by atoms with E-state index in [9.17, 15) is 21.6 Å². The van der Waals surface area contributed by atoms with Gasteiger partial charge in [0.2, 0.25) is 10.0 Å². The van der Waals surface area contributed by atoms with Gasteiger partial charge in [0.1, 0.15) is 0 Å². The van der Waals surface area contributed by atoms with E-state index >= 15 is 0 Å². The molecule has 0 radical (unpaired) electrons. The van der Waals surface area contributed by atoms with Crippen molar-refractivity contribution in [3.63, 3.8) is 0 Å². The third-order valence-corrected chi connectivity index (χ3v) is 9.40. The van der Waals surface area contributed by atoms with Gasteiger partial charge in [-0.25, -0.2) is 16.8 Å². The summed E-state index contributed by atoms with van der Waals surface area (Å²) in [6.45, 7) is -0.0999. The molecule has 214 valence electrons. The summed E-state index contributed by atoms with van der Waals surface area (Å²) in [4.78, 5) is 12.8. The van der Waals surface area contributed by atoms with E-state index in [1.807, 2.05) is 0 Å². The summed E-state index contributed by atoms with van der Waals surface area (Å²) < 4.78 is 54.1. The quantitative estimate of drug-likeness (QED) is 0.194. The van der Waals surface area contributed by atoms with Crippen LogP contribution in [0.3, 0.4) is 0 Å². The van der Waals surface area contributed by atoms with Crippen molar-refractivity contribution in [3.05, 3.63) is 116 Å². The van der Waals surface area contributed by atoms with Crippen LogP contribution in [0, 0.1) is 0 Å². The Morgan fingerprint density at radius 2 is 1.32 bits per heavy atom. The van der Waals surface area contributed by atoms with E-state index in [0.717, 1.165) is 10.6 Å². The zero-order chi connectivity index (χ0) is 29.9. The smallest absolute Gasteiger partial charge is 0.261 e. The number of hydrogen-bond donors (Lipinski definition) is 2. The molecule has 4 aromatic rings. The van der Waals surface area contributed by atoms with Crippen molar-refractivity contribution in [2.24, 2.45) is 0 Å². The van der Waals surface area contributed by atoms with Crippen molar-refractivity contribution in [3.8, 4) is 0 Å². The summed E-state index contributed by atoms with van der Waals surface area (Å²) in [6.07, 6.45) is 1.06. The van der Waals surface area contributed by atoms with Gasteiger partial charge in [0.25, 0.3) is 15.9 Å². The van der Waals surface area contributed by atoms with E-state index < -0.39 is 26.0 Å². The number of rotatable bonds is 9. The minimum Gasteiger partial charge on any atom is -0.322 e. The van der Waals surface area contributed by atoms with Crippen molar-refractivity contribution < 1.29 is 21.6 Å². The number of amides is 1. The number of carbonyl (C=O) groups excluding carboxylic acids is 1. The summed E-state index contributed by atoms with van der Waals surface area (Å²) in [7, 11) is -7.67. The van der Waals surface area contributed by atoms with Crippen LogP contribution in [0.1, 0.15) is 15.9 Å². The molecule has 41 heavy (non-hydrogen) atoms. The summed E-state index contributed by atoms with van der Waals surface area (Å²) >= 11 is 24.3. The second kappa shape index (κ2) is 12.5. The average molecular weight is 673 g/mol. The molecule has 14 heteroatoms. The Morgan fingerprint density at radius 1 is 0.756 bits per heavy atom. The van der Waals surface area contributed by atoms with E-state index in [0.29, 0.717) is 27.0 Å². The van der Waals surface area contributed by atoms with Gasteiger partial charge in [-0.3, -0.25) is 13.8 Å². The van der Waals surface area contributed by atoms with Crippen LogP contribution in [0.15, 0.2) is 89.8 Å². The Morgan fingerprint density at radius 3 is 1.85 bits per heavy atom. The standard InChI is InChI=1S/C27H21Cl4N3O5S2/c1-40(36,37)34(16-24-25(30)3-2-4-26(24)31)22-9-5-17(6-10-22)27(35)32-20-7-11-23(12-8-20)41(38,39)33-21-14-18(28)13-19(29)15-21/h2-15,33H,16H2,1H3,(H,32,35). The second-order valence-electron chi connectivity index (χ2n) is 8.76. The van der Waals surface area contributed by atoms with E-state index in [1.165, 1.54) is 66.7 Å². The lowest BCUT2D eigenvalue weighted by Crippen LogP contribution is -2.29. The summed E-state index contributed by atoms with van der Waals surface area (Å²) in [5.74, 6) is -0.487. The second-order valence-corrected chi connectivity index (χ2v) is 14.0. The lowest BCUT2D eigenvalue weighted by Gasteiger charge is -2.23. The Bertz CT molecular complexity index is 1780. The molecule has 0 unspecified atom stereocenters. The van der Waals surface area contributed by atoms with Crippen LogP contribution in [-0.4, -0.2) is 29.0 Å². The van der Waals surface area contributed by atoms with Crippen molar-refractivity contribution in [1.82, 2.24) is 0 Å². The maximum Gasteiger partial charge on any atom is 0.261 e. The molecule has 0 aliphatic heterocycles. The maximum atomic E-state index is 12.8. The summed E-state index contributed by atoms with van der Waals surface area (Å²) in [5.41, 5.74) is 1.54. The molecule has 0 fully saturated rings. The molecule has 1 amide bonds. The molecule has 0 saturated carbocycles. The molecular formula is C27H21Cl4N3O5S2. The zero-order valence-electron chi connectivity index (χ0n) is 21.1. The molecule has 4 rings (SSSR count). The van der Waals surface area contributed by atoms with Crippen LogP contribution in [0.2, 0.25) is 20.1 Å². The highest BCUT2D eigenvalue weighted by molar-refractivity contribution is 7.92. The van der Waals surface area contributed by atoms with Gasteiger partial charge in [-0.2, -0.15) is 0 Å². The Labute approximate surface area is 257 Å². The first-order valence-electron chi connectivity index (χ1n) is 11.6. The van der Waals surface area contributed by atoms with Gasteiger partial charge >= 0.3 is 0 Å². The molecule has 0 atom stereocenters. The van der Waals surface area contributed by atoms with E-state index in [4.69, 9.17) is 46.4 Å². The fourth-order valence-electron chi connectivity index (χ4n) is 3.75. The fraction of sp³-hybridized carbons (Fsp3) is 0.0741. The average Bonchev–Trinajstić information content (AvgIpc) is 2.87. The molecular weight excluding hydrogens is 652 g/mol. The Kier molecular flexibility index (Phi) is 9.42. The molecule has 0 aliphatic carbocycles. The van der Waals surface area contributed by atoms with Gasteiger partial charge in [-0.1, -0.05) is 52.5 Å². The number of nitrogens with one attached hydrogen (secondary N) is 2. The van der Waals surface area contributed by atoms with E-state index in [1.54, 1.807) is 18.2 Å². The first-order valence-corrected chi connectivity index (χ1v) is 16.5. The zero-order valence-corrected chi connectivity index (χ0v) is 25.8. The van der Waals surface area contributed by atoms with E-state index in [2.05, 4.69) is 10.0 Å². The van der Waals surface area contributed by atoms with Crippen molar-refractivity contribution in [1.29, 1.82) is 0 Å². The van der Waals surface area contributed by atoms with Crippen LogP contribution >= 0.6 is 46.4 Å². The van der Waals surface area contributed by atoms with Crippen LogP contribution in [0.25, 0.3) is 0 Å². The first-order chi connectivity index (χ1) is 19.2. The van der Waals surface area contributed by atoms with Gasteiger partial charge in [0.05, 0.1) is 29.1 Å². The molecule has 0 aromatic heterocycles.